The van der Waals surface area contributed by atoms with Crippen molar-refractivity contribution >= 4 is 5.52 Å². The molecule has 0 saturated carbocycles. The number of nitrogens with zero attached hydrogens (tertiary/aromatic N) is 3. The van der Waals surface area contributed by atoms with Gasteiger partial charge in [0.05, 0.1) is 13.3 Å². The lowest BCUT2D eigenvalue weighted by atomic mass is 9.96. The van der Waals surface area contributed by atoms with Crippen LogP contribution in [-0.4, -0.2) is 39.9 Å². The fraction of sp³-hybridized carbons (Fsp3) is 0.643. The topological polar surface area (TPSA) is 81.5 Å². The fourth-order valence-electron chi connectivity index (χ4n) is 2.37. The number of nitrogens with one attached hydrogen (secondary N) is 1. The van der Waals surface area contributed by atoms with E-state index in [1.165, 1.54) is 7.11 Å². The molecule has 3 rings (SSSR count). The monoisotopic (exact) mass is 294 g/mol. The van der Waals surface area contributed by atoms with Gasteiger partial charge in [0.25, 0.3) is 5.56 Å². The van der Waals surface area contributed by atoms with E-state index >= 15 is 0 Å². The van der Waals surface area contributed by atoms with Crippen molar-refractivity contribution in [3.05, 3.63) is 22.4 Å². The average Bonchev–Trinajstić information content (AvgIpc) is 2.94. The summed E-state index contributed by atoms with van der Waals surface area (Å²) in [6, 6.07) is 0.198. The van der Waals surface area contributed by atoms with Crippen LogP contribution in [0.5, 0.6) is 6.01 Å². The van der Waals surface area contributed by atoms with E-state index in [2.05, 4.69) is 15.1 Å². The molecule has 1 aliphatic heterocycles. The third kappa shape index (κ3) is 3.41. The van der Waals surface area contributed by atoms with Crippen molar-refractivity contribution in [1.29, 1.82) is 0 Å². The molecule has 1 N–H and O–H groups in total. The summed E-state index contributed by atoms with van der Waals surface area (Å²) >= 11 is 0. The van der Waals surface area contributed by atoms with Gasteiger partial charge in [0.15, 0.2) is 5.52 Å². The zero-order valence-corrected chi connectivity index (χ0v) is 12.8. The number of hydrogen-bond acceptors (Lipinski definition) is 5. The van der Waals surface area contributed by atoms with E-state index in [1.54, 1.807) is 10.7 Å². The number of H-pyrrole nitrogens is 1. The van der Waals surface area contributed by atoms with Crippen LogP contribution in [0.25, 0.3) is 5.52 Å². The quantitative estimate of drug-likeness (QED) is 0.926. The normalized spacial score (nSPS) is 15.6. The lowest BCUT2D eigenvalue weighted by Crippen LogP contribution is -2.20. The maximum Gasteiger partial charge on any atom is 0.314 e. The predicted octanol–water partition coefficient (Wildman–Crippen LogP) is 1.42. The van der Waals surface area contributed by atoms with E-state index < -0.39 is 0 Å². The van der Waals surface area contributed by atoms with Crippen molar-refractivity contribution in [3.63, 3.8) is 0 Å². The van der Waals surface area contributed by atoms with Crippen LogP contribution in [0.2, 0.25) is 0 Å². The maximum absolute atomic E-state index is 11.8. The number of methoxy groups -OCH3 is 1. The lowest BCUT2D eigenvalue weighted by molar-refractivity contribution is 0.0658. The molecule has 0 radical (unpaired) electrons. The Morgan fingerprint density at radius 1 is 1.43 bits per heavy atom. The summed E-state index contributed by atoms with van der Waals surface area (Å²) < 4.78 is 11.9. The van der Waals surface area contributed by atoms with Gasteiger partial charge >= 0.3 is 6.01 Å². The van der Waals surface area contributed by atoms with Crippen LogP contribution in [0.3, 0.4) is 0 Å². The molecule has 116 valence electrons. The van der Waals surface area contributed by atoms with Gasteiger partial charge in [-0.25, -0.2) is 9.50 Å². The Bertz CT molecular complexity index is 629. The molecule has 0 spiro atoms. The molecule has 3 heterocycles. The standard InChI is InChI=1S/C12H16N4O3.C2H6/c1-18-12-14-11(17)9-7-13-10(16(9)15-12)6-8-2-4-19-5-3-8;1-2/h7-8H,2-6H2,1H3,(H,14,15,17);1-2H3. The minimum atomic E-state index is -0.238. The smallest absolute Gasteiger partial charge is 0.314 e. The first-order chi connectivity index (χ1) is 10.3. The summed E-state index contributed by atoms with van der Waals surface area (Å²) in [7, 11) is 1.47. The molecular weight excluding hydrogens is 272 g/mol. The Morgan fingerprint density at radius 2 is 2.14 bits per heavy atom. The second-order valence-corrected chi connectivity index (χ2v) is 4.69. The molecule has 0 atom stereocenters. The van der Waals surface area contributed by atoms with Crippen molar-refractivity contribution in [3.8, 4) is 6.01 Å². The van der Waals surface area contributed by atoms with Crippen molar-refractivity contribution in [2.75, 3.05) is 20.3 Å². The largest absolute Gasteiger partial charge is 0.467 e. The highest BCUT2D eigenvalue weighted by atomic mass is 16.5. The number of aromatic amines is 1. The number of fused-ring (bicyclic) bond motifs is 1. The van der Waals surface area contributed by atoms with Crippen LogP contribution in [0.4, 0.5) is 0 Å². The Hall–Kier alpha value is -1.89. The van der Waals surface area contributed by atoms with E-state index in [9.17, 15) is 4.79 Å². The second-order valence-electron chi connectivity index (χ2n) is 4.69. The molecule has 2 aromatic rings. The molecule has 2 aromatic heterocycles. The number of imidazole rings is 1. The van der Waals surface area contributed by atoms with Crippen LogP contribution in [0.1, 0.15) is 32.5 Å². The molecule has 1 saturated heterocycles. The van der Waals surface area contributed by atoms with Gasteiger partial charge in [-0.1, -0.05) is 13.8 Å². The van der Waals surface area contributed by atoms with Crippen LogP contribution in [-0.2, 0) is 11.2 Å². The maximum atomic E-state index is 11.8. The van der Waals surface area contributed by atoms with Crippen LogP contribution >= 0.6 is 0 Å². The predicted molar refractivity (Wildman–Crippen MR) is 78.8 cm³/mol. The minimum absolute atomic E-state index is 0.198. The summed E-state index contributed by atoms with van der Waals surface area (Å²) in [4.78, 5) is 18.7. The highest BCUT2D eigenvalue weighted by Crippen LogP contribution is 2.19. The van der Waals surface area contributed by atoms with Gasteiger partial charge in [0.1, 0.15) is 5.82 Å². The van der Waals surface area contributed by atoms with E-state index in [0.717, 1.165) is 38.3 Å². The number of hydrogen-bond donors (Lipinski definition) is 1. The van der Waals surface area contributed by atoms with Gasteiger partial charge in [-0.15, -0.1) is 5.10 Å². The van der Waals surface area contributed by atoms with Gasteiger partial charge in [-0.3, -0.25) is 9.78 Å². The first-order valence-corrected chi connectivity index (χ1v) is 7.36. The molecule has 7 heteroatoms. The van der Waals surface area contributed by atoms with Gasteiger partial charge in [-0.2, -0.15) is 0 Å². The van der Waals surface area contributed by atoms with E-state index in [4.69, 9.17) is 9.47 Å². The van der Waals surface area contributed by atoms with E-state index in [0.29, 0.717) is 11.4 Å². The lowest BCUT2D eigenvalue weighted by Gasteiger charge is -2.21. The Kier molecular flexibility index (Phi) is 5.32. The van der Waals surface area contributed by atoms with Crippen molar-refractivity contribution in [1.82, 2.24) is 19.6 Å². The Balaban J connectivity index is 0.000000774. The first-order valence-electron chi connectivity index (χ1n) is 7.36. The third-order valence-corrected chi connectivity index (χ3v) is 3.46. The van der Waals surface area contributed by atoms with E-state index in [-0.39, 0.29) is 11.6 Å². The molecule has 0 aliphatic carbocycles. The fourth-order valence-corrected chi connectivity index (χ4v) is 2.37. The molecule has 1 aliphatic rings. The number of ether oxygens (including phenoxy) is 2. The molecule has 0 aromatic carbocycles. The summed E-state index contributed by atoms with van der Waals surface area (Å²) in [6.45, 7) is 5.59. The highest BCUT2D eigenvalue weighted by Gasteiger charge is 2.18. The SMILES string of the molecule is CC.COc1nn2c(CC3CCOCC3)ncc2c(=O)[nH]1. The zero-order valence-electron chi connectivity index (χ0n) is 12.8. The summed E-state index contributed by atoms with van der Waals surface area (Å²) in [5, 5.41) is 4.23. The molecule has 0 amide bonds. The summed E-state index contributed by atoms with van der Waals surface area (Å²) in [6.07, 6.45) is 4.40. The molecular formula is C14H22N4O3. The van der Waals surface area contributed by atoms with Crippen LogP contribution < -0.4 is 10.3 Å². The second kappa shape index (κ2) is 7.21. The van der Waals surface area contributed by atoms with Crippen molar-refractivity contribution < 1.29 is 9.47 Å². The molecule has 21 heavy (non-hydrogen) atoms. The van der Waals surface area contributed by atoms with Gasteiger partial charge in [0.2, 0.25) is 0 Å². The highest BCUT2D eigenvalue weighted by molar-refractivity contribution is 5.42. The molecule has 0 unspecified atom stereocenters. The average molecular weight is 294 g/mol. The number of aromatic nitrogens is 4. The van der Waals surface area contributed by atoms with Gasteiger partial charge in [-0.05, 0) is 18.8 Å². The van der Waals surface area contributed by atoms with Gasteiger partial charge < -0.3 is 9.47 Å². The first kappa shape index (κ1) is 15.5. The van der Waals surface area contributed by atoms with Gasteiger partial charge in [0, 0.05) is 19.6 Å². The molecule has 7 nitrogen and oxygen atoms in total. The Labute approximate surface area is 123 Å². The van der Waals surface area contributed by atoms with Crippen LogP contribution in [0.15, 0.2) is 11.0 Å². The molecule has 0 bridgehead atoms. The zero-order chi connectivity index (χ0) is 15.2. The van der Waals surface area contributed by atoms with Crippen LogP contribution in [0, 0.1) is 5.92 Å². The van der Waals surface area contributed by atoms with Crippen molar-refractivity contribution in [2.24, 2.45) is 5.92 Å². The van der Waals surface area contributed by atoms with E-state index in [1.807, 2.05) is 13.8 Å². The minimum Gasteiger partial charge on any atom is -0.467 e. The Morgan fingerprint density at radius 3 is 2.81 bits per heavy atom. The molecule has 1 fully saturated rings. The number of rotatable bonds is 3. The summed E-state index contributed by atoms with van der Waals surface area (Å²) in [5.41, 5.74) is 0.209. The van der Waals surface area contributed by atoms with Crippen molar-refractivity contribution in [2.45, 2.75) is 33.1 Å². The third-order valence-electron chi connectivity index (χ3n) is 3.46. The summed E-state index contributed by atoms with van der Waals surface area (Å²) in [5.74, 6) is 1.33.